The van der Waals surface area contributed by atoms with Gasteiger partial charge in [-0.2, -0.15) is 9.97 Å². The molecule has 3 atom stereocenters. The maximum absolute atomic E-state index is 6.24. The van der Waals surface area contributed by atoms with Crippen LogP contribution in [-0.4, -0.2) is 76.3 Å². The highest BCUT2D eigenvalue weighted by Gasteiger charge is 2.34. The van der Waals surface area contributed by atoms with Gasteiger partial charge >= 0.3 is 6.01 Å². The molecule has 8 heteroatoms. The molecular weight excluding hydrogens is 462 g/mol. The third kappa shape index (κ3) is 4.18. The molecule has 0 spiro atoms. The summed E-state index contributed by atoms with van der Waals surface area (Å²) in [5.41, 5.74) is 2.87. The Morgan fingerprint density at radius 2 is 1.81 bits per heavy atom. The van der Waals surface area contributed by atoms with Gasteiger partial charge in [-0.05, 0) is 62.5 Å². The minimum absolute atomic E-state index is 0.400. The minimum atomic E-state index is 0.400. The largest absolute Gasteiger partial charge is 0.462 e. The van der Waals surface area contributed by atoms with Crippen molar-refractivity contribution in [1.29, 1.82) is 0 Å². The Hall–Kier alpha value is -3.36. The standard InChI is InChI=1S/C29H33N7O/c1-18-6-3-7-19-8-4-10-23(25(18)19)26-30-14-24-27(32-26)33-29(37-17-22-9-5-13-35(22)2)34-28(24)36-15-20-11-12-21(16-36)31-20/h3-4,6-8,10,14,20-22,31H,5,9,11-13,15-17H2,1-2H3/t20?,21?,22-/m0/s1. The molecular formula is C29H33N7O. The second-order valence-corrected chi connectivity index (χ2v) is 10.9. The van der Waals surface area contributed by atoms with Crippen molar-refractivity contribution >= 4 is 27.6 Å². The molecule has 0 aliphatic carbocycles. The van der Waals surface area contributed by atoms with Crippen molar-refractivity contribution in [2.24, 2.45) is 0 Å². The number of hydrogen-bond donors (Lipinski definition) is 1. The number of nitrogens with zero attached hydrogens (tertiary/aromatic N) is 6. The van der Waals surface area contributed by atoms with Crippen molar-refractivity contribution in [3.8, 4) is 17.4 Å². The zero-order chi connectivity index (χ0) is 24.9. The summed E-state index contributed by atoms with van der Waals surface area (Å²) < 4.78 is 6.24. The third-order valence-corrected chi connectivity index (χ3v) is 8.36. The number of hydrogen-bond acceptors (Lipinski definition) is 8. The lowest BCUT2D eigenvalue weighted by molar-refractivity contribution is 0.188. The summed E-state index contributed by atoms with van der Waals surface area (Å²) >= 11 is 0. The maximum Gasteiger partial charge on any atom is 0.320 e. The number of benzene rings is 2. The van der Waals surface area contributed by atoms with Crippen LogP contribution < -0.4 is 15.0 Å². The predicted molar refractivity (Wildman–Crippen MR) is 146 cm³/mol. The minimum Gasteiger partial charge on any atom is -0.462 e. The molecule has 0 saturated carbocycles. The van der Waals surface area contributed by atoms with E-state index in [0.717, 1.165) is 42.8 Å². The summed E-state index contributed by atoms with van der Waals surface area (Å²) in [6, 6.07) is 14.5. The summed E-state index contributed by atoms with van der Waals surface area (Å²) in [5, 5.41) is 6.97. The predicted octanol–water partition coefficient (Wildman–Crippen LogP) is 3.96. The molecule has 5 heterocycles. The van der Waals surface area contributed by atoms with Gasteiger partial charge in [-0.15, -0.1) is 0 Å². The zero-order valence-corrected chi connectivity index (χ0v) is 21.5. The number of likely N-dealkylation sites (tertiary alicyclic amines) is 1. The summed E-state index contributed by atoms with van der Waals surface area (Å²) in [6.07, 6.45) is 6.68. The summed E-state index contributed by atoms with van der Waals surface area (Å²) in [6.45, 7) is 5.70. The Balaban J connectivity index is 1.32. The molecule has 2 aromatic carbocycles. The van der Waals surface area contributed by atoms with Gasteiger partial charge in [-0.3, -0.25) is 0 Å². The van der Waals surface area contributed by atoms with Gasteiger partial charge in [0.1, 0.15) is 12.4 Å². The summed E-state index contributed by atoms with van der Waals surface area (Å²) in [4.78, 5) is 24.3. The highest BCUT2D eigenvalue weighted by molar-refractivity contribution is 5.98. The van der Waals surface area contributed by atoms with E-state index in [4.69, 9.17) is 24.7 Å². The fourth-order valence-electron chi connectivity index (χ4n) is 6.36. The number of anilines is 1. The number of likely N-dealkylation sites (N-methyl/N-ethyl adjacent to an activating group) is 1. The zero-order valence-electron chi connectivity index (χ0n) is 21.5. The molecule has 2 bridgehead atoms. The fourth-order valence-corrected chi connectivity index (χ4v) is 6.36. The van der Waals surface area contributed by atoms with Crippen LogP contribution in [0, 0.1) is 6.92 Å². The van der Waals surface area contributed by atoms with Crippen LogP contribution in [0.3, 0.4) is 0 Å². The Bertz CT molecular complexity index is 1460. The maximum atomic E-state index is 6.24. The van der Waals surface area contributed by atoms with Crippen molar-refractivity contribution in [3.63, 3.8) is 0 Å². The van der Waals surface area contributed by atoms with Crippen LogP contribution in [0.4, 0.5) is 5.82 Å². The highest BCUT2D eigenvalue weighted by Crippen LogP contribution is 2.33. The second-order valence-electron chi connectivity index (χ2n) is 10.9. The lowest BCUT2D eigenvalue weighted by Gasteiger charge is -2.34. The van der Waals surface area contributed by atoms with Crippen LogP contribution in [0.1, 0.15) is 31.2 Å². The average molecular weight is 496 g/mol. The molecule has 8 nitrogen and oxygen atoms in total. The van der Waals surface area contributed by atoms with Crippen LogP contribution in [0.2, 0.25) is 0 Å². The number of ether oxygens (including phenoxy) is 1. The number of piperazine rings is 1. The summed E-state index contributed by atoms with van der Waals surface area (Å²) in [7, 11) is 2.16. The molecule has 0 amide bonds. The molecule has 1 N–H and O–H groups in total. The molecule has 3 aliphatic rings. The van der Waals surface area contributed by atoms with E-state index in [0.29, 0.717) is 42.2 Å². The van der Waals surface area contributed by atoms with Gasteiger partial charge in [0.05, 0.1) is 5.39 Å². The number of aryl methyl sites for hydroxylation is 1. The SMILES string of the molecule is Cc1cccc2cccc(-c3ncc4c(N5CC6CCC(C5)N6)nc(OC[C@@H]5CCCN5C)nc4n3)c12. The lowest BCUT2D eigenvalue weighted by atomic mass is 9.99. The van der Waals surface area contributed by atoms with Gasteiger partial charge in [0.25, 0.3) is 0 Å². The van der Waals surface area contributed by atoms with E-state index in [1.165, 1.54) is 35.6 Å². The summed E-state index contributed by atoms with van der Waals surface area (Å²) in [5.74, 6) is 1.57. The molecule has 3 saturated heterocycles. The Morgan fingerprint density at radius 1 is 1.00 bits per heavy atom. The van der Waals surface area contributed by atoms with Gasteiger partial charge < -0.3 is 19.9 Å². The van der Waals surface area contributed by atoms with Gasteiger partial charge in [0, 0.05) is 43.0 Å². The third-order valence-electron chi connectivity index (χ3n) is 8.36. The monoisotopic (exact) mass is 495 g/mol. The molecule has 2 unspecified atom stereocenters. The smallest absolute Gasteiger partial charge is 0.320 e. The Kier molecular flexibility index (Phi) is 5.66. The van der Waals surface area contributed by atoms with Gasteiger partial charge in [-0.25, -0.2) is 9.97 Å². The Labute approximate surface area is 217 Å². The van der Waals surface area contributed by atoms with Crippen LogP contribution >= 0.6 is 0 Å². The van der Waals surface area contributed by atoms with Gasteiger partial charge in [0.15, 0.2) is 11.5 Å². The molecule has 4 aromatic rings. The molecule has 3 aliphatic heterocycles. The van der Waals surface area contributed by atoms with E-state index in [1.54, 1.807) is 0 Å². The van der Waals surface area contributed by atoms with Crippen LogP contribution in [-0.2, 0) is 0 Å². The number of nitrogens with one attached hydrogen (secondary N) is 1. The van der Waals surface area contributed by atoms with Crippen LogP contribution in [0.5, 0.6) is 6.01 Å². The van der Waals surface area contributed by atoms with Crippen molar-refractivity contribution in [2.45, 2.75) is 50.7 Å². The van der Waals surface area contributed by atoms with E-state index in [-0.39, 0.29) is 0 Å². The topological polar surface area (TPSA) is 79.3 Å². The first kappa shape index (κ1) is 22.8. The van der Waals surface area contributed by atoms with Crippen molar-refractivity contribution in [1.82, 2.24) is 30.2 Å². The van der Waals surface area contributed by atoms with Crippen molar-refractivity contribution in [3.05, 3.63) is 48.2 Å². The molecule has 0 radical (unpaired) electrons. The highest BCUT2D eigenvalue weighted by atomic mass is 16.5. The molecule has 7 rings (SSSR count). The normalized spacial score (nSPS) is 23.8. The van der Waals surface area contributed by atoms with E-state index >= 15 is 0 Å². The molecule has 190 valence electrons. The average Bonchev–Trinajstić information content (AvgIpc) is 3.49. The van der Waals surface area contributed by atoms with Gasteiger partial charge in [-0.1, -0.05) is 36.4 Å². The second kappa shape index (κ2) is 9.19. The molecule has 3 fully saturated rings. The van der Waals surface area contributed by atoms with E-state index in [9.17, 15) is 0 Å². The first-order valence-corrected chi connectivity index (χ1v) is 13.5. The van der Waals surface area contributed by atoms with Gasteiger partial charge in [0.2, 0.25) is 0 Å². The van der Waals surface area contributed by atoms with Crippen LogP contribution in [0.25, 0.3) is 33.2 Å². The Morgan fingerprint density at radius 3 is 2.59 bits per heavy atom. The molecule has 37 heavy (non-hydrogen) atoms. The van der Waals surface area contributed by atoms with Crippen molar-refractivity contribution in [2.75, 3.05) is 38.2 Å². The first-order chi connectivity index (χ1) is 18.1. The number of rotatable bonds is 5. The first-order valence-electron chi connectivity index (χ1n) is 13.5. The fraction of sp³-hybridized carbons (Fsp3) is 0.448. The number of aromatic nitrogens is 4. The lowest BCUT2D eigenvalue weighted by Crippen LogP contribution is -2.51. The quantitative estimate of drug-likeness (QED) is 0.446. The van der Waals surface area contributed by atoms with E-state index < -0.39 is 0 Å². The van der Waals surface area contributed by atoms with E-state index in [1.807, 2.05) is 6.20 Å². The van der Waals surface area contributed by atoms with Crippen molar-refractivity contribution < 1.29 is 4.74 Å². The van der Waals surface area contributed by atoms with E-state index in [2.05, 4.69) is 65.5 Å². The number of fused-ring (bicyclic) bond motifs is 4. The molecule has 2 aromatic heterocycles. The van der Waals surface area contributed by atoms with Crippen LogP contribution in [0.15, 0.2) is 42.6 Å².